The normalized spacial score (nSPS) is 11.6. The first-order chi connectivity index (χ1) is 27.5. The molecule has 1 rings (SSSR count). The van der Waals surface area contributed by atoms with Crippen molar-refractivity contribution >= 4 is 10.1 Å². The van der Waals surface area contributed by atoms with Gasteiger partial charge in [-0.2, -0.15) is 8.42 Å². The molecule has 0 aromatic heterocycles. The molecule has 0 aliphatic rings. The first kappa shape index (κ1) is 54.8. The summed E-state index contributed by atoms with van der Waals surface area (Å²) in [6.07, 6.45) is 21.1. The zero-order valence-electron chi connectivity index (χ0n) is 35.7. The fourth-order valence-electron chi connectivity index (χ4n) is 5.41. The van der Waals surface area contributed by atoms with Gasteiger partial charge in [-0.3, -0.25) is 4.18 Å². The minimum Gasteiger partial charge on any atom is -0.396 e. The number of benzene rings is 1. The van der Waals surface area contributed by atoms with Gasteiger partial charge in [-0.05, 0) is 44.7 Å². The minimum atomic E-state index is -3.63. The zero-order chi connectivity index (χ0) is 40.9. The van der Waals surface area contributed by atoms with Crippen LogP contribution in [-0.4, -0.2) is 133 Å². The summed E-state index contributed by atoms with van der Waals surface area (Å²) in [5.41, 5.74) is 1.03. The van der Waals surface area contributed by atoms with E-state index in [1.54, 1.807) is 38.5 Å². The Hall–Kier alpha value is -1.23. The lowest BCUT2D eigenvalue weighted by atomic mass is 10.1. The molecule has 12 nitrogen and oxygen atoms in total. The molecular weight excluding hydrogens is 741 g/mol. The average molecular weight is 823 g/mol. The van der Waals surface area contributed by atoms with E-state index in [0.29, 0.717) is 85.9 Å². The second-order valence-corrected chi connectivity index (χ2v) is 15.5. The van der Waals surface area contributed by atoms with E-state index in [9.17, 15) is 8.42 Å². The van der Waals surface area contributed by atoms with E-state index in [1.165, 1.54) is 77.0 Å². The van der Waals surface area contributed by atoms with E-state index in [0.717, 1.165) is 57.3 Å². The molecule has 13 heteroatoms. The van der Waals surface area contributed by atoms with E-state index in [1.807, 2.05) is 6.92 Å². The summed E-state index contributed by atoms with van der Waals surface area (Å²) in [4.78, 5) is 0.228. The summed E-state index contributed by atoms with van der Waals surface area (Å²) < 4.78 is 71.7. The first-order valence-corrected chi connectivity index (χ1v) is 22.9. The lowest BCUT2D eigenvalue weighted by molar-refractivity contribution is 0.00323. The van der Waals surface area contributed by atoms with Crippen molar-refractivity contribution < 1.29 is 55.6 Å². The van der Waals surface area contributed by atoms with Crippen molar-refractivity contribution in [2.75, 3.05) is 120 Å². The number of aliphatic hydroxyl groups excluding tert-OH is 1. The van der Waals surface area contributed by atoms with Gasteiger partial charge in [0.05, 0.1) is 90.8 Å². The Labute approximate surface area is 342 Å². The van der Waals surface area contributed by atoms with Crippen molar-refractivity contribution in [1.29, 1.82) is 0 Å². The molecular formula is C43H82O12S. The van der Waals surface area contributed by atoms with Crippen LogP contribution in [-0.2, 0) is 52.2 Å². The summed E-state index contributed by atoms with van der Waals surface area (Å²) in [5, 5.41) is 8.68. The van der Waals surface area contributed by atoms with Gasteiger partial charge in [-0.15, -0.1) is 0 Å². The highest BCUT2D eigenvalue weighted by atomic mass is 32.2. The summed E-state index contributed by atoms with van der Waals surface area (Å²) >= 11 is 0. The standard InChI is InChI=1S/C25H44O7S.C18H38O5/c1-24-12-14-25(15-13-24)33(26,27)32-17-11-9-7-5-3-4-6-8-10-16-29-20-21-31-23-22-30-19-18-28-2;1-20-13-14-22-17-18-23-16-15-21-12-10-8-6-4-2-3-5-7-9-11-19/h12-15H,3-11,16-23H2,1-2H3;19H,2-18H2,1H3. The van der Waals surface area contributed by atoms with Crippen LogP contribution in [0.3, 0.4) is 0 Å². The van der Waals surface area contributed by atoms with Crippen LogP contribution in [0.1, 0.15) is 121 Å². The van der Waals surface area contributed by atoms with Gasteiger partial charge in [0.15, 0.2) is 0 Å². The van der Waals surface area contributed by atoms with Gasteiger partial charge < -0.3 is 43.0 Å². The van der Waals surface area contributed by atoms with E-state index in [2.05, 4.69) is 0 Å². The molecule has 0 saturated carbocycles. The van der Waals surface area contributed by atoms with E-state index in [-0.39, 0.29) is 11.5 Å². The van der Waals surface area contributed by atoms with Crippen LogP contribution in [0.25, 0.3) is 0 Å². The van der Waals surface area contributed by atoms with Crippen LogP contribution >= 0.6 is 0 Å². The molecule has 1 aromatic carbocycles. The molecule has 0 saturated heterocycles. The lowest BCUT2D eigenvalue weighted by Crippen LogP contribution is -2.11. The molecule has 0 bridgehead atoms. The topological polar surface area (TPSA) is 137 Å². The molecule has 0 unspecified atom stereocenters. The van der Waals surface area contributed by atoms with Gasteiger partial charge in [0.2, 0.25) is 0 Å². The molecule has 1 N–H and O–H groups in total. The van der Waals surface area contributed by atoms with Crippen LogP contribution in [0.5, 0.6) is 0 Å². The fourth-order valence-corrected chi connectivity index (χ4v) is 6.35. The van der Waals surface area contributed by atoms with Gasteiger partial charge in [-0.25, -0.2) is 0 Å². The van der Waals surface area contributed by atoms with Crippen molar-refractivity contribution in [1.82, 2.24) is 0 Å². The molecule has 332 valence electrons. The predicted octanol–water partition coefficient (Wildman–Crippen LogP) is 8.09. The number of rotatable bonds is 43. The van der Waals surface area contributed by atoms with Gasteiger partial charge in [0.25, 0.3) is 10.1 Å². The monoisotopic (exact) mass is 823 g/mol. The Bertz CT molecular complexity index is 977. The minimum absolute atomic E-state index is 0.228. The Morgan fingerprint density at radius 3 is 1.02 bits per heavy atom. The summed E-state index contributed by atoms with van der Waals surface area (Å²) in [7, 11) is -0.307. The van der Waals surface area contributed by atoms with Gasteiger partial charge in [0, 0.05) is 34.0 Å². The lowest BCUT2D eigenvalue weighted by Gasteiger charge is -2.07. The maximum atomic E-state index is 12.1. The van der Waals surface area contributed by atoms with Crippen molar-refractivity contribution in [3.63, 3.8) is 0 Å². The number of hydrogen-bond donors (Lipinski definition) is 1. The molecule has 0 fully saturated rings. The maximum Gasteiger partial charge on any atom is 0.296 e. The highest BCUT2D eigenvalue weighted by molar-refractivity contribution is 7.86. The maximum absolute atomic E-state index is 12.1. The number of ether oxygens (including phenoxy) is 8. The highest BCUT2D eigenvalue weighted by Gasteiger charge is 2.14. The number of aryl methyl sites for hydroxylation is 1. The molecule has 0 heterocycles. The molecule has 56 heavy (non-hydrogen) atoms. The van der Waals surface area contributed by atoms with E-state index < -0.39 is 10.1 Å². The quantitative estimate of drug-likeness (QED) is 0.0504. The summed E-state index contributed by atoms with van der Waals surface area (Å²) in [6, 6.07) is 6.75. The number of aliphatic hydroxyl groups is 1. The Balaban J connectivity index is 0.00000116. The average Bonchev–Trinajstić information content (AvgIpc) is 3.20. The molecule has 0 radical (unpaired) electrons. The van der Waals surface area contributed by atoms with Crippen molar-refractivity contribution in [2.24, 2.45) is 0 Å². The molecule has 0 spiro atoms. The fraction of sp³-hybridized carbons (Fsp3) is 0.860. The third-order valence-corrected chi connectivity index (χ3v) is 10.1. The first-order valence-electron chi connectivity index (χ1n) is 21.5. The second-order valence-electron chi connectivity index (χ2n) is 13.8. The van der Waals surface area contributed by atoms with Crippen molar-refractivity contribution in [2.45, 2.75) is 127 Å². The van der Waals surface area contributed by atoms with Crippen LogP contribution in [0.2, 0.25) is 0 Å². The van der Waals surface area contributed by atoms with Crippen LogP contribution in [0.15, 0.2) is 29.2 Å². The number of unbranched alkanes of at least 4 members (excludes halogenated alkanes) is 16. The zero-order valence-corrected chi connectivity index (χ0v) is 36.5. The Morgan fingerprint density at radius 2 is 0.679 bits per heavy atom. The van der Waals surface area contributed by atoms with Crippen molar-refractivity contribution in [3.8, 4) is 0 Å². The Morgan fingerprint density at radius 1 is 0.393 bits per heavy atom. The van der Waals surface area contributed by atoms with Crippen LogP contribution in [0, 0.1) is 6.92 Å². The second kappa shape index (κ2) is 44.9. The van der Waals surface area contributed by atoms with Crippen LogP contribution < -0.4 is 0 Å². The number of hydrogen-bond acceptors (Lipinski definition) is 12. The van der Waals surface area contributed by atoms with Crippen molar-refractivity contribution in [3.05, 3.63) is 29.8 Å². The smallest absolute Gasteiger partial charge is 0.296 e. The SMILES string of the molecule is COCCOCCOCCOCCCCCCCCCCCO.COCCOCCOCCOCCCCCCCCCCCOS(=O)(=O)c1ccc(C)cc1. The molecule has 0 aliphatic carbocycles. The molecule has 1 aromatic rings. The largest absolute Gasteiger partial charge is 0.396 e. The molecule has 0 atom stereocenters. The van der Waals surface area contributed by atoms with Gasteiger partial charge in [-0.1, -0.05) is 108 Å². The number of methoxy groups -OCH3 is 2. The summed E-state index contributed by atoms with van der Waals surface area (Å²) in [5.74, 6) is 0. The highest BCUT2D eigenvalue weighted by Crippen LogP contribution is 2.15. The van der Waals surface area contributed by atoms with Gasteiger partial charge in [0.1, 0.15) is 0 Å². The third-order valence-electron chi connectivity index (χ3n) is 8.78. The van der Waals surface area contributed by atoms with Gasteiger partial charge >= 0.3 is 0 Å². The van der Waals surface area contributed by atoms with E-state index >= 15 is 0 Å². The molecule has 0 aliphatic heterocycles. The summed E-state index contributed by atoms with van der Waals surface area (Å²) in [6.45, 7) is 11.6. The third kappa shape index (κ3) is 40.9. The van der Waals surface area contributed by atoms with E-state index in [4.69, 9.17) is 47.2 Å². The predicted molar refractivity (Wildman–Crippen MR) is 223 cm³/mol. The van der Waals surface area contributed by atoms with Crippen LogP contribution in [0.4, 0.5) is 0 Å². The molecule has 0 amide bonds. The Kier molecular flexibility index (Phi) is 43.9.